The minimum absolute atomic E-state index is 0.579. The van der Waals surface area contributed by atoms with E-state index in [1.54, 1.807) is 24.7 Å². The van der Waals surface area contributed by atoms with Gasteiger partial charge in [-0.15, -0.1) is 0 Å². The number of rotatable bonds is 1. The molecule has 0 saturated carbocycles. The van der Waals surface area contributed by atoms with Gasteiger partial charge in [-0.1, -0.05) is 0 Å². The fraction of sp³-hybridized carbons (Fsp3) is 0. The van der Waals surface area contributed by atoms with Crippen LogP contribution in [-0.2, 0) is 0 Å². The van der Waals surface area contributed by atoms with Crippen molar-refractivity contribution in [2.24, 2.45) is 0 Å². The zero-order valence-electron chi connectivity index (χ0n) is 6.27. The Morgan fingerprint density at radius 1 is 1.33 bits per heavy atom. The van der Waals surface area contributed by atoms with Crippen LogP contribution in [0.1, 0.15) is 10.4 Å². The van der Waals surface area contributed by atoms with Gasteiger partial charge in [0, 0.05) is 29.5 Å². The van der Waals surface area contributed by atoms with E-state index in [9.17, 15) is 4.79 Å². The van der Waals surface area contributed by atoms with Crippen LogP contribution in [0.4, 0.5) is 0 Å². The molecule has 0 atom stereocenters. The van der Waals surface area contributed by atoms with Crippen molar-refractivity contribution in [3.05, 3.63) is 36.3 Å². The predicted octanol–water partition coefficient (Wildman–Crippen LogP) is 1.44. The maximum atomic E-state index is 10.4. The Kier molecular flexibility index (Phi) is 1.55. The molecule has 2 heterocycles. The van der Waals surface area contributed by atoms with E-state index in [-0.39, 0.29) is 0 Å². The lowest BCUT2D eigenvalue weighted by atomic mass is 10.2. The number of fused-ring (bicyclic) bond motifs is 1. The summed E-state index contributed by atoms with van der Waals surface area (Å²) in [5.74, 6) is 0. The smallest absolute Gasteiger partial charge is 0.151 e. The highest BCUT2D eigenvalue weighted by Gasteiger charge is 1.94. The standard InChI is InChI=1S/C9H6N2O/c12-6-7-3-8-5-10-2-1-9(8)11-4-7/h1-6H. The molecule has 12 heavy (non-hydrogen) atoms. The molecule has 2 aromatic heterocycles. The molecule has 0 aliphatic heterocycles. The summed E-state index contributed by atoms with van der Waals surface area (Å²) in [6.45, 7) is 0. The van der Waals surface area contributed by atoms with Crippen molar-refractivity contribution in [1.82, 2.24) is 9.97 Å². The van der Waals surface area contributed by atoms with Crippen LogP contribution >= 0.6 is 0 Å². The van der Waals surface area contributed by atoms with Crippen LogP contribution in [0.2, 0.25) is 0 Å². The lowest BCUT2D eigenvalue weighted by Crippen LogP contribution is -1.84. The number of carbonyl (C=O) groups excluding carboxylic acids is 1. The zero-order valence-corrected chi connectivity index (χ0v) is 6.27. The molecule has 0 N–H and O–H groups in total. The second-order valence-corrected chi connectivity index (χ2v) is 2.45. The van der Waals surface area contributed by atoms with E-state index in [0.29, 0.717) is 5.56 Å². The van der Waals surface area contributed by atoms with Crippen molar-refractivity contribution >= 4 is 17.2 Å². The average Bonchev–Trinajstić information content (AvgIpc) is 2.17. The highest BCUT2D eigenvalue weighted by molar-refractivity contribution is 5.84. The molecular weight excluding hydrogens is 152 g/mol. The molecule has 0 aromatic carbocycles. The second kappa shape index (κ2) is 2.70. The van der Waals surface area contributed by atoms with Crippen molar-refractivity contribution in [2.75, 3.05) is 0 Å². The van der Waals surface area contributed by atoms with Gasteiger partial charge in [-0.25, -0.2) is 0 Å². The molecule has 0 aliphatic carbocycles. The first-order valence-electron chi connectivity index (χ1n) is 3.55. The van der Waals surface area contributed by atoms with Crippen LogP contribution in [0.25, 0.3) is 10.9 Å². The molecule has 0 unspecified atom stereocenters. The van der Waals surface area contributed by atoms with Gasteiger partial charge in [-0.3, -0.25) is 14.8 Å². The largest absolute Gasteiger partial charge is 0.298 e. The Labute approximate surface area is 69.1 Å². The van der Waals surface area contributed by atoms with E-state index in [2.05, 4.69) is 9.97 Å². The van der Waals surface area contributed by atoms with Crippen LogP contribution in [0.3, 0.4) is 0 Å². The van der Waals surface area contributed by atoms with Crippen LogP contribution in [0.5, 0.6) is 0 Å². The van der Waals surface area contributed by atoms with Crippen LogP contribution in [0, 0.1) is 0 Å². The number of hydrogen-bond donors (Lipinski definition) is 0. The van der Waals surface area contributed by atoms with Crippen molar-refractivity contribution in [2.45, 2.75) is 0 Å². The Hall–Kier alpha value is -1.77. The summed E-state index contributed by atoms with van der Waals surface area (Å²) in [5, 5.41) is 0.891. The number of nitrogens with zero attached hydrogens (tertiary/aromatic N) is 2. The van der Waals surface area contributed by atoms with Gasteiger partial charge in [-0.05, 0) is 12.1 Å². The van der Waals surface area contributed by atoms with E-state index in [4.69, 9.17) is 0 Å². The summed E-state index contributed by atoms with van der Waals surface area (Å²) < 4.78 is 0. The number of carbonyl (C=O) groups is 1. The summed E-state index contributed by atoms with van der Waals surface area (Å²) in [4.78, 5) is 18.4. The van der Waals surface area contributed by atoms with Gasteiger partial charge < -0.3 is 0 Å². The third kappa shape index (κ3) is 1.05. The van der Waals surface area contributed by atoms with Crippen molar-refractivity contribution < 1.29 is 4.79 Å². The van der Waals surface area contributed by atoms with Gasteiger partial charge in [0.25, 0.3) is 0 Å². The molecule has 2 aromatic rings. The van der Waals surface area contributed by atoms with Gasteiger partial charge >= 0.3 is 0 Å². The van der Waals surface area contributed by atoms with Gasteiger partial charge in [0.05, 0.1) is 5.52 Å². The number of hydrogen-bond acceptors (Lipinski definition) is 3. The molecule has 0 fully saturated rings. The number of aldehydes is 1. The molecular formula is C9H6N2O. The monoisotopic (exact) mass is 158 g/mol. The molecule has 3 nitrogen and oxygen atoms in total. The molecule has 2 rings (SSSR count). The van der Waals surface area contributed by atoms with E-state index in [1.165, 1.54) is 0 Å². The van der Waals surface area contributed by atoms with Crippen LogP contribution in [0.15, 0.2) is 30.7 Å². The van der Waals surface area contributed by atoms with Crippen molar-refractivity contribution in [3.63, 3.8) is 0 Å². The third-order valence-corrected chi connectivity index (χ3v) is 1.64. The zero-order chi connectivity index (χ0) is 8.39. The first kappa shape index (κ1) is 6.91. The third-order valence-electron chi connectivity index (χ3n) is 1.64. The van der Waals surface area contributed by atoms with Crippen molar-refractivity contribution in [1.29, 1.82) is 0 Å². The van der Waals surface area contributed by atoms with E-state index < -0.39 is 0 Å². The maximum Gasteiger partial charge on any atom is 0.151 e. The van der Waals surface area contributed by atoms with E-state index in [1.807, 2.05) is 6.07 Å². The maximum absolute atomic E-state index is 10.4. The lowest BCUT2D eigenvalue weighted by molar-refractivity contribution is 0.112. The van der Waals surface area contributed by atoms with Gasteiger partial charge in [0.1, 0.15) is 0 Å². The molecule has 58 valence electrons. The topological polar surface area (TPSA) is 42.9 Å². The quantitative estimate of drug-likeness (QED) is 0.590. The normalized spacial score (nSPS) is 10.0. The number of pyridine rings is 2. The molecule has 0 saturated heterocycles. The minimum Gasteiger partial charge on any atom is -0.298 e. The second-order valence-electron chi connectivity index (χ2n) is 2.45. The van der Waals surface area contributed by atoms with Crippen molar-refractivity contribution in [3.8, 4) is 0 Å². The molecule has 3 heteroatoms. The highest BCUT2D eigenvalue weighted by Crippen LogP contribution is 2.09. The lowest BCUT2D eigenvalue weighted by Gasteiger charge is -1.94. The van der Waals surface area contributed by atoms with Crippen LogP contribution in [-0.4, -0.2) is 16.3 Å². The first-order valence-corrected chi connectivity index (χ1v) is 3.55. The van der Waals surface area contributed by atoms with Gasteiger partial charge in [-0.2, -0.15) is 0 Å². The fourth-order valence-corrected chi connectivity index (χ4v) is 1.05. The predicted molar refractivity (Wildman–Crippen MR) is 44.9 cm³/mol. The SMILES string of the molecule is O=Cc1cnc2ccncc2c1. The summed E-state index contributed by atoms with van der Waals surface area (Å²) in [7, 11) is 0. The molecule has 0 amide bonds. The van der Waals surface area contributed by atoms with Crippen LogP contribution < -0.4 is 0 Å². The van der Waals surface area contributed by atoms with Gasteiger partial charge in [0.15, 0.2) is 6.29 Å². The van der Waals surface area contributed by atoms with E-state index in [0.717, 1.165) is 17.2 Å². The number of aromatic nitrogens is 2. The first-order chi connectivity index (χ1) is 5.90. The summed E-state index contributed by atoms with van der Waals surface area (Å²) in [6.07, 6.45) is 5.69. The Morgan fingerprint density at radius 2 is 2.25 bits per heavy atom. The Balaban J connectivity index is 2.75. The Morgan fingerprint density at radius 3 is 3.08 bits per heavy atom. The minimum atomic E-state index is 0.579. The fourth-order valence-electron chi connectivity index (χ4n) is 1.05. The summed E-state index contributed by atoms with van der Waals surface area (Å²) >= 11 is 0. The highest BCUT2D eigenvalue weighted by atomic mass is 16.1. The molecule has 0 aliphatic rings. The van der Waals surface area contributed by atoms with Gasteiger partial charge in [0.2, 0.25) is 0 Å². The summed E-state index contributed by atoms with van der Waals surface area (Å²) in [6, 6.07) is 3.58. The Bertz CT molecular complexity index is 426. The molecule has 0 spiro atoms. The molecule has 0 bridgehead atoms. The molecule has 0 radical (unpaired) electrons. The average molecular weight is 158 g/mol. The summed E-state index contributed by atoms with van der Waals surface area (Å²) in [5.41, 5.74) is 1.44. The van der Waals surface area contributed by atoms with E-state index >= 15 is 0 Å².